The molecular weight excluding hydrogens is 467 g/mol. The minimum absolute atomic E-state index is 0.0113. The second-order valence-corrected chi connectivity index (χ2v) is 7.44. The molecule has 0 N–H and O–H groups in total. The van der Waals surface area contributed by atoms with Gasteiger partial charge in [-0.3, -0.25) is 14.2 Å². The van der Waals surface area contributed by atoms with E-state index in [1.165, 1.54) is 30.2 Å². The summed E-state index contributed by atoms with van der Waals surface area (Å²) in [5.74, 6) is -0.572. The van der Waals surface area contributed by atoms with Crippen LogP contribution in [-0.4, -0.2) is 30.7 Å². The Hall–Kier alpha value is -3.08. The van der Waals surface area contributed by atoms with Gasteiger partial charge in [-0.15, -0.1) is 0 Å². The number of hydrogen-bond donors (Lipinski definition) is 0. The number of aromatic nitrogens is 5. The molecule has 0 bridgehead atoms. The first-order chi connectivity index (χ1) is 14.3. The summed E-state index contributed by atoms with van der Waals surface area (Å²) < 4.78 is 49.1. The highest BCUT2D eigenvalue weighted by Gasteiger charge is 2.17. The van der Waals surface area contributed by atoms with Gasteiger partial charge < -0.3 is 4.74 Å². The zero-order valence-corrected chi connectivity index (χ0v) is 17.2. The summed E-state index contributed by atoms with van der Waals surface area (Å²) in [7, 11) is 1.53. The van der Waals surface area contributed by atoms with Crippen LogP contribution >= 0.6 is 15.9 Å². The van der Waals surface area contributed by atoms with Crippen LogP contribution < -0.4 is 10.3 Å². The number of alkyl halides is 2. The summed E-state index contributed by atoms with van der Waals surface area (Å²) in [5, 5.41) is 4.22. The number of hydrogen-bond acceptors (Lipinski definition) is 4. The zero-order valence-electron chi connectivity index (χ0n) is 15.6. The number of benzene rings is 2. The van der Waals surface area contributed by atoms with Gasteiger partial charge in [0.2, 0.25) is 0 Å². The van der Waals surface area contributed by atoms with Crippen LogP contribution in [0.5, 0.6) is 5.75 Å². The fourth-order valence-corrected chi connectivity index (χ4v) is 3.62. The molecule has 0 unspecified atom stereocenters. The molecule has 2 heterocycles. The Morgan fingerprint density at radius 1 is 1.20 bits per heavy atom. The van der Waals surface area contributed by atoms with Gasteiger partial charge in [0.15, 0.2) is 0 Å². The van der Waals surface area contributed by atoms with Gasteiger partial charge in [0.1, 0.15) is 24.2 Å². The summed E-state index contributed by atoms with van der Waals surface area (Å²) in [6.07, 6.45) is 2.94. The van der Waals surface area contributed by atoms with E-state index in [9.17, 15) is 18.0 Å². The van der Waals surface area contributed by atoms with E-state index in [4.69, 9.17) is 0 Å². The Bertz CT molecular complexity index is 1270. The van der Waals surface area contributed by atoms with Crippen molar-refractivity contribution in [2.24, 2.45) is 7.05 Å². The summed E-state index contributed by atoms with van der Waals surface area (Å²) in [6.45, 7) is -2.57. The topological polar surface area (TPSA) is 66.9 Å². The number of halogens is 4. The number of ether oxygens (including phenoxy) is 1. The van der Waals surface area contributed by atoms with Crippen molar-refractivity contribution < 1.29 is 17.9 Å². The van der Waals surface area contributed by atoms with Gasteiger partial charge in [-0.05, 0) is 45.8 Å². The molecule has 0 saturated carbocycles. The molecule has 0 aliphatic heterocycles. The van der Waals surface area contributed by atoms with E-state index >= 15 is 0 Å². The monoisotopic (exact) mass is 481 g/mol. The van der Waals surface area contributed by atoms with Crippen LogP contribution in [-0.2, 0) is 20.1 Å². The lowest BCUT2D eigenvalue weighted by atomic mass is 10.1. The lowest BCUT2D eigenvalue weighted by Gasteiger charge is -2.15. The summed E-state index contributed by atoms with van der Waals surface area (Å²) in [5.41, 5.74) is 1.28. The van der Waals surface area contributed by atoms with E-state index in [0.717, 1.165) is 11.6 Å². The van der Waals surface area contributed by atoms with Crippen LogP contribution in [0.2, 0.25) is 0 Å². The second-order valence-electron chi connectivity index (χ2n) is 6.58. The maximum absolute atomic E-state index is 13.9. The van der Waals surface area contributed by atoms with E-state index in [1.807, 2.05) is 0 Å². The van der Waals surface area contributed by atoms with E-state index in [0.29, 0.717) is 17.6 Å². The van der Waals surface area contributed by atoms with Crippen LogP contribution in [0.4, 0.5) is 13.2 Å². The average Bonchev–Trinajstić information content (AvgIpc) is 3.28. The Morgan fingerprint density at radius 3 is 2.70 bits per heavy atom. The van der Waals surface area contributed by atoms with E-state index < -0.39 is 18.0 Å². The molecule has 0 saturated heterocycles. The maximum atomic E-state index is 13.9. The number of rotatable bonds is 6. The highest BCUT2D eigenvalue weighted by Crippen LogP contribution is 2.27. The van der Waals surface area contributed by atoms with Crippen LogP contribution in [0.1, 0.15) is 11.1 Å². The van der Waals surface area contributed by atoms with Crippen LogP contribution in [0.25, 0.3) is 10.9 Å². The van der Waals surface area contributed by atoms with Crippen molar-refractivity contribution in [2.45, 2.75) is 19.7 Å². The van der Waals surface area contributed by atoms with Crippen LogP contribution in [0.3, 0.4) is 0 Å². The third-order valence-electron chi connectivity index (χ3n) is 4.68. The first-order valence-corrected chi connectivity index (χ1v) is 9.56. The Morgan fingerprint density at radius 2 is 2.00 bits per heavy atom. The molecule has 7 nitrogen and oxygen atoms in total. The first kappa shape index (κ1) is 20.2. The summed E-state index contributed by atoms with van der Waals surface area (Å²) in [6, 6.07) is 7.44. The van der Waals surface area contributed by atoms with Crippen molar-refractivity contribution in [3.8, 4) is 5.75 Å². The van der Waals surface area contributed by atoms with Gasteiger partial charge in [-0.1, -0.05) is 6.07 Å². The Kier molecular flexibility index (Phi) is 5.37. The van der Waals surface area contributed by atoms with Gasteiger partial charge in [0.05, 0.1) is 28.5 Å². The number of nitrogens with zero attached hydrogens (tertiary/aromatic N) is 5. The predicted molar refractivity (Wildman–Crippen MR) is 106 cm³/mol. The van der Waals surface area contributed by atoms with Crippen molar-refractivity contribution in [1.82, 2.24) is 24.1 Å². The molecule has 11 heteroatoms. The third-order valence-corrected chi connectivity index (χ3v) is 5.28. The predicted octanol–water partition coefficient (Wildman–Crippen LogP) is 3.53. The fraction of sp³-hybridized carbons (Fsp3) is 0.211. The van der Waals surface area contributed by atoms with Crippen molar-refractivity contribution in [1.29, 1.82) is 0 Å². The van der Waals surface area contributed by atoms with Crippen molar-refractivity contribution in [3.63, 3.8) is 0 Å². The summed E-state index contributed by atoms with van der Waals surface area (Å²) >= 11 is 3.12. The smallest absolute Gasteiger partial charge is 0.387 e. The first-order valence-electron chi connectivity index (χ1n) is 8.77. The van der Waals surface area contributed by atoms with Crippen molar-refractivity contribution in [3.05, 3.63) is 74.8 Å². The molecule has 0 atom stereocenters. The highest BCUT2D eigenvalue weighted by molar-refractivity contribution is 9.10. The minimum Gasteiger partial charge on any atom is -0.434 e. The maximum Gasteiger partial charge on any atom is 0.387 e. The van der Waals surface area contributed by atoms with Crippen LogP contribution in [0, 0.1) is 5.82 Å². The molecule has 4 rings (SSSR count). The molecular formula is C19H15BrF3N5O2. The lowest BCUT2D eigenvalue weighted by molar-refractivity contribution is -0.0505. The molecule has 0 aliphatic rings. The van der Waals surface area contributed by atoms with Gasteiger partial charge in [0, 0.05) is 12.6 Å². The molecule has 0 radical (unpaired) electrons. The minimum atomic E-state index is -3.00. The van der Waals surface area contributed by atoms with E-state index in [2.05, 4.69) is 30.7 Å². The van der Waals surface area contributed by atoms with Crippen molar-refractivity contribution >= 4 is 26.8 Å². The standard InChI is InChI=1S/C19H15BrF3N5O2/c1-26-18(29)13-5-15(21)14(20)6-16(13)28(26)8-12-4-11(7-27-10-24-9-25-27)2-3-17(12)30-19(22)23/h2-6,9-10,19H,7-8H2,1H3. The molecule has 0 spiro atoms. The molecule has 30 heavy (non-hydrogen) atoms. The average molecular weight is 482 g/mol. The molecule has 0 fully saturated rings. The van der Waals surface area contributed by atoms with Gasteiger partial charge in [-0.2, -0.15) is 13.9 Å². The lowest BCUT2D eigenvalue weighted by Crippen LogP contribution is -2.20. The molecule has 0 aliphatic carbocycles. The molecule has 4 aromatic rings. The SMILES string of the molecule is Cn1c(=O)c2cc(F)c(Br)cc2n1Cc1cc(Cn2cncn2)ccc1OC(F)F. The van der Waals surface area contributed by atoms with E-state index in [-0.39, 0.29) is 22.2 Å². The Labute approximate surface area is 176 Å². The van der Waals surface area contributed by atoms with Gasteiger partial charge in [0.25, 0.3) is 5.56 Å². The molecule has 2 aromatic heterocycles. The van der Waals surface area contributed by atoms with Gasteiger partial charge in [-0.25, -0.2) is 14.1 Å². The normalized spacial score (nSPS) is 11.5. The van der Waals surface area contributed by atoms with Crippen LogP contribution in [0.15, 0.2) is 52.3 Å². The third kappa shape index (κ3) is 3.84. The van der Waals surface area contributed by atoms with E-state index in [1.54, 1.807) is 27.8 Å². The summed E-state index contributed by atoms with van der Waals surface area (Å²) in [4.78, 5) is 16.4. The van der Waals surface area contributed by atoms with Gasteiger partial charge >= 0.3 is 6.61 Å². The second kappa shape index (κ2) is 7.98. The van der Waals surface area contributed by atoms with Crippen molar-refractivity contribution in [2.75, 3.05) is 0 Å². The fourth-order valence-electron chi connectivity index (χ4n) is 3.29. The quantitative estimate of drug-likeness (QED) is 0.422. The largest absolute Gasteiger partial charge is 0.434 e. The molecule has 0 amide bonds. The Balaban J connectivity index is 1.80. The zero-order chi connectivity index (χ0) is 21.4. The highest BCUT2D eigenvalue weighted by atomic mass is 79.9. The molecule has 2 aromatic carbocycles. The molecule has 156 valence electrons. The number of fused-ring (bicyclic) bond motifs is 1.